The minimum atomic E-state index is -0.143. The Morgan fingerprint density at radius 1 is 1.39 bits per heavy atom. The molecule has 0 unspecified atom stereocenters. The maximum Gasteiger partial charge on any atom is 0.269 e. The number of carbonyl (C=O) groups is 1. The largest absolute Gasteiger partial charge is 0.329 e. The molecule has 2 heterocycles. The van der Waals surface area contributed by atoms with Crippen LogP contribution in [0.2, 0.25) is 0 Å². The number of aromatic nitrogens is 2. The molecule has 0 aliphatic carbocycles. The van der Waals surface area contributed by atoms with E-state index in [1.807, 2.05) is 25.1 Å². The molecule has 1 aromatic heterocycles. The van der Waals surface area contributed by atoms with E-state index in [9.17, 15) is 4.79 Å². The topological polar surface area (TPSA) is 62.2 Å². The molecule has 6 nitrogen and oxygen atoms in total. The van der Waals surface area contributed by atoms with E-state index in [1.54, 1.807) is 0 Å². The Morgan fingerprint density at radius 3 is 2.91 bits per heavy atom. The molecule has 3 rings (SSSR count). The lowest BCUT2D eigenvalue weighted by Gasteiger charge is -2.22. The minimum absolute atomic E-state index is 0.143. The van der Waals surface area contributed by atoms with Crippen LogP contribution in [0.3, 0.4) is 0 Å². The van der Waals surface area contributed by atoms with Crippen LogP contribution in [0.1, 0.15) is 29.5 Å². The molecule has 0 radical (unpaired) electrons. The molecule has 0 spiro atoms. The third kappa shape index (κ3) is 3.22. The molecule has 2 N–H and O–H groups in total. The fourth-order valence-corrected chi connectivity index (χ4v) is 2.88. The smallest absolute Gasteiger partial charge is 0.269 e. The lowest BCUT2D eigenvalue weighted by Crippen LogP contribution is -2.39. The first-order valence-electron chi connectivity index (χ1n) is 7.99. The highest BCUT2D eigenvalue weighted by Crippen LogP contribution is 2.17. The van der Waals surface area contributed by atoms with Crippen molar-refractivity contribution >= 4 is 16.9 Å². The summed E-state index contributed by atoms with van der Waals surface area (Å²) in [5.74, 6) is 0.824. The van der Waals surface area contributed by atoms with Crippen molar-refractivity contribution in [1.82, 2.24) is 25.3 Å². The Labute approximate surface area is 136 Å². The van der Waals surface area contributed by atoms with Gasteiger partial charge in [0.25, 0.3) is 5.91 Å². The highest BCUT2D eigenvalue weighted by Gasteiger charge is 2.12. The van der Waals surface area contributed by atoms with Crippen molar-refractivity contribution in [3.05, 3.63) is 41.4 Å². The Kier molecular flexibility index (Phi) is 4.34. The SMILES string of the molecule is CCn1c(C)nc2cc(C(=O)NNC3=CCN(C)CC3)ccc21. The number of fused-ring (bicyclic) bond motifs is 1. The standard InChI is InChI=1S/C17H23N5O/c1-4-22-12(2)18-15-11-13(5-6-16(15)22)17(23)20-19-14-7-9-21(3)10-8-14/h5-7,11,19H,4,8-10H2,1-3H3,(H,20,23). The van der Waals surface area contributed by atoms with Gasteiger partial charge in [-0.25, -0.2) is 4.98 Å². The van der Waals surface area contributed by atoms with Gasteiger partial charge >= 0.3 is 0 Å². The van der Waals surface area contributed by atoms with Crippen LogP contribution in [-0.4, -0.2) is 40.5 Å². The van der Waals surface area contributed by atoms with Crippen LogP contribution in [0.25, 0.3) is 11.0 Å². The molecule has 0 saturated heterocycles. The van der Waals surface area contributed by atoms with Crippen LogP contribution in [0, 0.1) is 6.92 Å². The van der Waals surface area contributed by atoms with Crippen LogP contribution in [0.15, 0.2) is 30.0 Å². The predicted octanol–water partition coefficient (Wildman–Crippen LogP) is 1.82. The number of amides is 1. The van der Waals surface area contributed by atoms with Crippen molar-refractivity contribution in [1.29, 1.82) is 0 Å². The molecule has 6 heteroatoms. The molecule has 0 atom stereocenters. The van der Waals surface area contributed by atoms with E-state index in [1.165, 1.54) is 0 Å². The zero-order valence-corrected chi connectivity index (χ0v) is 13.9. The molecule has 2 aromatic rings. The van der Waals surface area contributed by atoms with Crippen LogP contribution in [0.5, 0.6) is 0 Å². The number of hydrogen-bond donors (Lipinski definition) is 2. The van der Waals surface area contributed by atoms with Gasteiger partial charge in [-0.1, -0.05) is 0 Å². The average Bonchev–Trinajstić information content (AvgIpc) is 2.88. The summed E-state index contributed by atoms with van der Waals surface area (Å²) in [4.78, 5) is 19.1. The molecular formula is C17H23N5O. The van der Waals surface area contributed by atoms with E-state index in [0.29, 0.717) is 5.56 Å². The van der Waals surface area contributed by atoms with Crippen molar-refractivity contribution in [2.45, 2.75) is 26.8 Å². The molecule has 23 heavy (non-hydrogen) atoms. The summed E-state index contributed by atoms with van der Waals surface area (Å²) in [6, 6.07) is 5.65. The summed E-state index contributed by atoms with van der Waals surface area (Å²) in [5.41, 5.74) is 9.39. The van der Waals surface area contributed by atoms with E-state index in [0.717, 1.165) is 48.6 Å². The number of hydrogen-bond acceptors (Lipinski definition) is 4. The summed E-state index contributed by atoms with van der Waals surface area (Å²) in [6.45, 7) is 6.84. The Hall–Kier alpha value is -2.34. The first-order chi connectivity index (χ1) is 11.1. The number of nitrogens with one attached hydrogen (secondary N) is 2. The highest BCUT2D eigenvalue weighted by atomic mass is 16.2. The molecule has 0 saturated carbocycles. The molecule has 122 valence electrons. The van der Waals surface area contributed by atoms with Crippen molar-refractivity contribution in [3.8, 4) is 0 Å². The van der Waals surface area contributed by atoms with Gasteiger partial charge in [-0.15, -0.1) is 0 Å². The zero-order valence-electron chi connectivity index (χ0n) is 13.9. The lowest BCUT2D eigenvalue weighted by atomic mass is 10.2. The van der Waals surface area contributed by atoms with Crippen LogP contribution in [0.4, 0.5) is 0 Å². The molecule has 1 aliphatic rings. The number of benzene rings is 1. The Balaban J connectivity index is 1.71. The van der Waals surface area contributed by atoms with Gasteiger partial charge in [0, 0.05) is 37.3 Å². The van der Waals surface area contributed by atoms with Crippen LogP contribution < -0.4 is 10.9 Å². The third-order valence-electron chi connectivity index (χ3n) is 4.27. The third-order valence-corrected chi connectivity index (χ3v) is 4.27. The fourth-order valence-electron chi connectivity index (χ4n) is 2.88. The molecule has 1 aromatic carbocycles. The highest BCUT2D eigenvalue weighted by molar-refractivity contribution is 5.97. The van der Waals surface area contributed by atoms with Crippen molar-refractivity contribution in [2.24, 2.45) is 0 Å². The number of aryl methyl sites for hydroxylation is 2. The number of hydrazine groups is 1. The number of nitrogens with zero attached hydrogens (tertiary/aromatic N) is 3. The zero-order chi connectivity index (χ0) is 16.4. The second-order valence-corrected chi connectivity index (χ2v) is 5.93. The number of rotatable bonds is 4. The number of carbonyl (C=O) groups excluding carboxylic acids is 1. The second kappa shape index (κ2) is 6.42. The van der Waals surface area contributed by atoms with Gasteiger partial charge in [-0.2, -0.15) is 0 Å². The summed E-state index contributed by atoms with van der Waals surface area (Å²) in [5, 5.41) is 0. The Morgan fingerprint density at radius 2 is 2.22 bits per heavy atom. The maximum absolute atomic E-state index is 12.3. The quantitative estimate of drug-likeness (QED) is 0.845. The van der Waals surface area contributed by atoms with Gasteiger partial charge in [-0.3, -0.25) is 10.2 Å². The summed E-state index contributed by atoms with van der Waals surface area (Å²) in [6.07, 6.45) is 3.01. The normalized spacial score (nSPS) is 15.5. The molecular weight excluding hydrogens is 290 g/mol. The summed E-state index contributed by atoms with van der Waals surface area (Å²) < 4.78 is 2.14. The summed E-state index contributed by atoms with van der Waals surface area (Å²) >= 11 is 0. The van der Waals surface area contributed by atoms with E-state index in [2.05, 4.69) is 45.3 Å². The number of imidazole rings is 1. The van der Waals surface area contributed by atoms with Crippen molar-refractivity contribution in [2.75, 3.05) is 20.1 Å². The maximum atomic E-state index is 12.3. The molecule has 1 aliphatic heterocycles. The predicted molar refractivity (Wildman–Crippen MR) is 90.9 cm³/mol. The van der Waals surface area contributed by atoms with Crippen LogP contribution >= 0.6 is 0 Å². The molecule has 0 fully saturated rings. The minimum Gasteiger partial charge on any atom is -0.329 e. The molecule has 1 amide bonds. The summed E-state index contributed by atoms with van der Waals surface area (Å²) in [7, 11) is 2.08. The van der Waals surface area contributed by atoms with Gasteiger partial charge in [0.05, 0.1) is 11.0 Å². The van der Waals surface area contributed by atoms with Gasteiger partial charge in [0.1, 0.15) is 5.82 Å². The van der Waals surface area contributed by atoms with Gasteiger partial charge in [-0.05, 0) is 45.2 Å². The fraction of sp³-hybridized carbons (Fsp3) is 0.412. The van der Waals surface area contributed by atoms with E-state index in [4.69, 9.17) is 0 Å². The monoisotopic (exact) mass is 313 g/mol. The first kappa shape index (κ1) is 15.6. The van der Waals surface area contributed by atoms with Crippen molar-refractivity contribution < 1.29 is 4.79 Å². The van der Waals surface area contributed by atoms with Gasteiger partial charge < -0.3 is 14.9 Å². The number of likely N-dealkylation sites (N-methyl/N-ethyl adjacent to an activating group) is 1. The first-order valence-corrected chi connectivity index (χ1v) is 7.99. The lowest BCUT2D eigenvalue weighted by molar-refractivity contribution is 0.0937. The van der Waals surface area contributed by atoms with Gasteiger partial charge in [0.15, 0.2) is 0 Å². The van der Waals surface area contributed by atoms with E-state index >= 15 is 0 Å². The van der Waals surface area contributed by atoms with Gasteiger partial charge in [0.2, 0.25) is 0 Å². The average molecular weight is 313 g/mol. The van der Waals surface area contributed by atoms with E-state index in [-0.39, 0.29) is 5.91 Å². The van der Waals surface area contributed by atoms with Crippen LogP contribution in [-0.2, 0) is 6.54 Å². The second-order valence-electron chi connectivity index (χ2n) is 5.93. The Bertz CT molecular complexity index is 762. The molecule has 0 bridgehead atoms. The van der Waals surface area contributed by atoms with Crippen molar-refractivity contribution in [3.63, 3.8) is 0 Å². The van der Waals surface area contributed by atoms with E-state index < -0.39 is 0 Å².